The quantitative estimate of drug-likeness (QED) is 0.447. The van der Waals surface area contributed by atoms with Gasteiger partial charge in [-0.3, -0.25) is 5.84 Å². The van der Waals surface area contributed by atoms with Crippen LogP contribution in [-0.4, -0.2) is 0 Å². The Labute approximate surface area is 113 Å². The largest absolute Gasteiger partial charge is 0.397 e. The van der Waals surface area contributed by atoms with Gasteiger partial charge in [-0.2, -0.15) is 0 Å². The van der Waals surface area contributed by atoms with Gasteiger partial charge in [-0.1, -0.05) is 47.5 Å². The molecular formula is C16H19N3. The molecule has 0 aliphatic carbocycles. The van der Waals surface area contributed by atoms with Gasteiger partial charge in [-0.25, -0.2) is 0 Å². The lowest BCUT2D eigenvalue weighted by molar-refractivity contribution is 0.990. The number of rotatable bonds is 3. The molecule has 0 saturated heterocycles. The summed E-state index contributed by atoms with van der Waals surface area (Å²) in [5, 5.41) is 0. The Morgan fingerprint density at radius 1 is 0.895 bits per heavy atom. The molecule has 0 bridgehead atoms. The Hall–Kier alpha value is -2.26. The van der Waals surface area contributed by atoms with Crippen LogP contribution in [-0.2, 0) is 0 Å². The zero-order valence-corrected chi connectivity index (χ0v) is 11.3. The standard InChI is InChI=1S/C16H19N3/c1-11-5-3-7-13(9-11)15(17)16(19-18)14-8-4-6-12(2)10-14/h3-10,19H,17-18H2,1-2H3/b16-15-. The highest BCUT2D eigenvalue weighted by Crippen LogP contribution is 2.21. The average molecular weight is 253 g/mol. The minimum Gasteiger partial charge on any atom is -0.397 e. The summed E-state index contributed by atoms with van der Waals surface area (Å²) in [4.78, 5) is 0. The van der Waals surface area contributed by atoms with Crippen LogP contribution in [0.4, 0.5) is 0 Å². The van der Waals surface area contributed by atoms with Crippen LogP contribution in [0.5, 0.6) is 0 Å². The van der Waals surface area contributed by atoms with E-state index in [2.05, 4.69) is 11.5 Å². The van der Waals surface area contributed by atoms with Gasteiger partial charge < -0.3 is 11.2 Å². The van der Waals surface area contributed by atoms with Crippen molar-refractivity contribution in [3.05, 3.63) is 70.8 Å². The van der Waals surface area contributed by atoms with Gasteiger partial charge in [0.25, 0.3) is 0 Å². The third kappa shape index (κ3) is 2.95. The fraction of sp³-hybridized carbons (Fsp3) is 0.125. The second-order valence-electron chi connectivity index (χ2n) is 4.67. The van der Waals surface area contributed by atoms with Crippen LogP contribution in [0.1, 0.15) is 22.3 Å². The van der Waals surface area contributed by atoms with Crippen LogP contribution in [0.15, 0.2) is 48.5 Å². The van der Waals surface area contributed by atoms with E-state index in [-0.39, 0.29) is 0 Å². The van der Waals surface area contributed by atoms with E-state index in [0.717, 1.165) is 16.8 Å². The third-order valence-corrected chi connectivity index (χ3v) is 3.05. The van der Waals surface area contributed by atoms with E-state index in [1.54, 1.807) is 0 Å². The van der Waals surface area contributed by atoms with Crippen molar-refractivity contribution >= 4 is 11.4 Å². The van der Waals surface area contributed by atoms with Crippen molar-refractivity contribution in [3.8, 4) is 0 Å². The Balaban J connectivity index is 2.53. The summed E-state index contributed by atoms with van der Waals surface area (Å²) < 4.78 is 0. The maximum atomic E-state index is 6.24. The summed E-state index contributed by atoms with van der Waals surface area (Å²) in [6.07, 6.45) is 0. The van der Waals surface area contributed by atoms with E-state index in [1.807, 2.05) is 56.3 Å². The van der Waals surface area contributed by atoms with Crippen molar-refractivity contribution in [1.29, 1.82) is 0 Å². The van der Waals surface area contributed by atoms with Gasteiger partial charge in [0, 0.05) is 5.56 Å². The van der Waals surface area contributed by atoms with Crippen molar-refractivity contribution in [2.24, 2.45) is 11.6 Å². The van der Waals surface area contributed by atoms with Gasteiger partial charge in [-0.15, -0.1) is 0 Å². The number of aryl methyl sites for hydroxylation is 2. The van der Waals surface area contributed by atoms with Gasteiger partial charge >= 0.3 is 0 Å². The zero-order valence-electron chi connectivity index (χ0n) is 11.3. The van der Waals surface area contributed by atoms with Gasteiger partial charge in [-0.05, 0) is 31.5 Å². The highest BCUT2D eigenvalue weighted by atomic mass is 15.2. The molecule has 0 heterocycles. The van der Waals surface area contributed by atoms with Gasteiger partial charge in [0.05, 0.1) is 11.4 Å². The highest BCUT2D eigenvalue weighted by Gasteiger charge is 2.08. The average Bonchev–Trinajstić information content (AvgIpc) is 2.39. The van der Waals surface area contributed by atoms with E-state index < -0.39 is 0 Å². The summed E-state index contributed by atoms with van der Waals surface area (Å²) in [6.45, 7) is 4.08. The molecule has 0 unspecified atom stereocenters. The summed E-state index contributed by atoms with van der Waals surface area (Å²) in [5.74, 6) is 5.64. The first-order valence-electron chi connectivity index (χ1n) is 6.22. The van der Waals surface area contributed by atoms with Crippen LogP contribution in [0.2, 0.25) is 0 Å². The minimum absolute atomic E-state index is 0.650. The first kappa shape index (κ1) is 13.2. The molecule has 19 heavy (non-hydrogen) atoms. The van der Waals surface area contributed by atoms with Crippen LogP contribution in [0.3, 0.4) is 0 Å². The maximum absolute atomic E-state index is 6.24. The molecule has 5 N–H and O–H groups in total. The molecule has 0 aliphatic heterocycles. The number of benzene rings is 2. The Morgan fingerprint density at radius 2 is 1.42 bits per heavy atom. The second kappa shape index (κ2) is 5.59. The molecule has 0 radical (unpaired) electrons. The zero-order chi connectivity index (χ0) is 13.8. The number of hydrogen-bond donors (Lipinski definition) is 3. The molecule has 3 heteroatoms. The number of hydrogen-bond acceptors (Lipinski definition) is 3. The lowest BCUT2D eigenvalue weighted by Gasteiger charge is -2.13. The SMILES string of the molecule is Cc1cccc(/C(N)=C(/NN)c2cccc(C)c2)c1. The summed E-state index contributed by atoms with van der Waals surface area (Å²) in [6, 6.07) is 16.1. The van der Waals surface area contributed by atoms with Crippen molar-refractivity contribution in [1.82, 2.24) is 5.43 Å². The molecule has 0 amide bonds. The van der Waals surface area contributed by atoms with Gasteiger partial charge in [0.1, 0.15) is 0 Å². The van der Waals surface area contributed by atoms with Crippen LogP contribution in [0.25, 0.3) is 11.4 Å². The third-order valence-electron chi connectivity index (χ3n) is 3.05. The molecule has 0 fully saturated rings. The van der Waals surface area contributed by atoms with E-state index in [4.69, 9.17) is 11.6 Å². The normalized spacial score (nSPS) is 11.9. The monoisotopic (exact) mass is 253 g/mol. The molecule has 0 spiro atoms. The molecule has 2 rings (SSSR count). The maximum Gasteiger partial charge on any atom is 0.0795 e. The molecule has 0 atom stereocenters. The molecule has 2 aromatic carbocycles. The summed E-state index contributed by atoms with van der Waals surface area (Å²) >= 11 is 0. The topological polar surface area (TPSA) is 64.1 Å². The number of nitrogens with one attached hydrogen (secondary N) is 1. The van der Waals surface area contributed by atoms with E-state index in [1.165, 1.54) is 11.1 Å². The second-order valence-corrected chi connectivity index (χ2v) is 4.67. The fourth-order valence-corrected chi connectivity index (χ4v) is 2.07. The van der Waals surface area contributed by atoms with Gasteiger partial charge in [0.15, 0.2) is 0 Å². The molecule has 2 aromatic rings. The number of hydrazine groups is 1. The highest BCUT2D eigenvalue weighted by molar-refractivity contribution is 5.88. The van der Waals surface area contributed by atoms with Crippen LogP contribution in [0, 0.1) is 13.8 Å². The smallest absolute Gasteiger partial charge is 0.0795 e. The molecule has 3 nitrogen and oxygen atoms in total. The van der Waals surface area contributed by atoms with Crippen molar-refractivity contribution in [2.75, 3.05) is 0 Å². The van der Waals surface area contributed by atoms with Crippen molar-refractivity contribution in [2.45, 2.75) is 13.8 Å². The van der Waals surface area contributed by atoms with E-state index >= 15 is 0 Å². The van der Waals surface area contributed by atoms with Crippen LogP contribution < -0.4 is 17.0 Å². The predicted octanol–water partition coefficient (Wildman–Crippen LogP) is 2.55. The predicted molar refractivity (Wildman–Crippen MR) is 80.7 cm³/mol. The lowest BCUT2D eigenvalue weighted by atomic mass is 10.0. The number of nitrogens with two attached hydrogens (primary N) is 2. The Kier molecular flexibility index (Phi) is 3.88. The van der Waals surface area contributed by atoms with Gasteiger partial charge in [0.2, 0.25) is 0 Å². The Bertz CT molecular complexity index is 615. The van der Waals surface area contributed by atoms with Crippen LogP contribution >= 0.6 is 0 Å². The first-order valence-corrected chi connectivity index (χ1v) is 6.22. The molecule has 0 aliphatic rings. The Morgan fingerprint density at radius 3 is 1.95 bits per heavy atom. The molecule has 98 valence electrons. The summed E-state index contributed by atoms with van der Waals surface area (Å²) in [5.41, 5.74) is 14.6. The first-order chi connectivity index (χ1) is 9.11. The molecule has 0 aromatic heterocycles. The lowest BCUT2D eigenvalue weighted by Crippen LogP contribution is -2.23. The van der Waals surface area contributed by atoms with Crippen molar-refractivity contribution in [3.63, 3.8) is 0 Å². The fourth-order valence-electron chi connectivity index (χ4n) is 2.07. The molecular weight excluding hydrogens is 234 g/mol. The molecule has 0 saturated carbocycles. The van der Waals surface area contributed by atoms with Crippen molar-refractivity contribution < 1.29 is 0 Å². The van der Waals surface area contributed by atoms with E-state index in [9.17, 15) is 0 Å². The minimum atomic E-state index is 0.650. The van der Waals surface area contributed by atoms with E-state index in [0.29, 0.717) is 5.70 Å². The summed E-state index contributed by atoms with van der Waals surface area (Å²) in [7, 11) is 0.